The summed E-state index contributed by atoms with van der Waals surface area (Å²) in [7, 11) is 1.63. The zero-order valence-electron chi connectivity index (χ0n) is 13.1. The summed E-state index contributed by atoms with van der Waals surface area (Å²) in [5.74, 6) is -2.35. The number of hydrogen-bond acceptors (Lipinski definition) is 8. The molecule has 1 aliphatic heterocycles. The van der Waals surface area contributed by atoms with Crippen LogP contribution in [0.1, 0.15) is 19.0 Å². The summed E-state index contributed by atoms with van der Waals surface area (Å²) in [6, 6.07) is 0.784. The number of nitrogen functional groups attached to an aromatic ring is 1. The number of amides is 1. The molecule has 24 heavy (non-hydrogen) atoms. The SMILES string of the molecule is C[C-]1[C@H](CC(=O)/C(=N\OCC(=O)O)c2csc(N)n2)C(=O)N1C.[Y]. The minimum Gasteiger partial charge on any atom is -0.494 e. The van der Waals surface area contributed by atoms with Gasteiger partial charge in [0.05, 0.1) is 0 Å². The number of anilines is 1. The van der Waals surface area contributed by atoms with Crippen LogP contribution in [-0.4, -0.2) is 52.0 Å². The number of rotatable bonds is 7. The molecule has 2 heterocycles. The molecule has 1 atom stereocenters. The Morgan fingerprint density at radius 1 is 1.58 bits per heavy atom. The van der Waals surface area contributed by atoms with Gasteiger partial charge in [-0.05, 0) is 13.5 Å². The fourth-order valence-corrected chi connectivity index (χ4v) is 2.61. The Morgan fingerprint density at radius 2 is 2.25 bits per heavy atom. The Balaban J connectivity index is 0.00000288. The number of carboxylic acid groups (broad SMARTS) is 1. The molecule has 1 radical (unpaired) electrons. The Morgan fingerprint density at radius 3 is 2.75 bits per heavy atom. The van der Waals surface area contributed by atoms with Crippen molar-refractivity contribution in [1.29, 1.82) is 0 Å². The number of aromatic nitrogens is 1. The molecule has 127 valence electrons. The van der Waals surface area contributed by atoms with E-state index in [-0.39, 0.29) is 61.6 Å². The summed E-state index contributed by atoms with van der Waals surface area (Å²) in [4.78, 5) is 44.7. The van der Waals surface area contributed by atoms with Gasteiger partial charge < -0.3 is 20.6 Å². The van der Waals surface area contributed by atoms with Crippen LogP contribution in [-0.2, 0) is 51.9 Å². The molecule has 0 bridgehead atoms. The topological polar surface area (TPSA) is 135 Å². The molecule has 0 aliphatic carbocycles. The van der Waals surface area contributed by atoms with E-state index in [4.69, 9.17) is 10.8 Å². The number of nitrogens with two attached hydrogens (primary N) is 1. The molecular formula is C13H15N4O5SY-. The van der Waals surface area contributed by atoms with Crippen LogP contribution >= 0.6 is 11.3 Å². The molecule has 2 rings (SSSR count). The van der Waals surface area contributed by atoms with Gasteiger partial charge in [-0.2, -0.15) is 6.92 Å². The van der Waals surface area contributed by atoms with Gasteiger partial charge in [0.15, 0.2) is 22.5 Å². The first-order valence-electron chi connectivity index (χ1n) is 6.58. The van der Waals surface area contributed by atoms with Crippen LogP contribution in [0.3, 0.4) is 0 Å². The van der Waals surface area contributed by atoms with Crippen LogP contribution in [0.5, 0.6) is 0 Å². The molecule has 3 N–H and O–H groups in total. The van der Waals surface area contributed by atoms with Crippen molar-refractivity contribution in [1.82, 2.24) is 9.88 Å². The summed E-state index contributed by atoms with van der Waals surface area (Å²) >= 11 is 1.11. The number of Topliss-reactive ketones (excluding diaryl/α,β-unsaturated/α-hetero) is 1. The average molecular weight is 428 g/mol. The number of carbonyl (C=O) groups excluding carboxylic acids is 2. The average Bonchev–Trinajstić information content (AvgIpc) is 2.93. The van der Waals surface area contributed by atoms with Crippen LogP contribution < -0.4 is 5.73 Å². The molecule has 1 aliphatic rings. The molecule has 1 saturated heterocycles. The van der Waals surface area contributed by atoms with Crippen LogP contribution in [0.15, 0.2) is 10.5 Å². The fourth-order valence-electron chi connectivity index (χ4n) is 2.06. The van der Waals surface area contributed by atoms with Crippen LogP contribution in [0.25, 0.3) is 0 Å². The van der Waals surface area contributed by atoms with Crippen LogP contribution in [0, 0.1) is 12.0 Å². The minimum absolute atomic E-state index is 0. The predicted octanol–water partition coefficient (Wildman–Crippen LogP) is 0.127. The van der Waals surface area contributed by atoms with Crippen molar-refractivity contribution in [2.24, 2.45) is 11.1 Å². The zero-order valence-corrected chi connectivity index (χ0v) is 16.7. The first-order valence-corrected chi connectivity index (χ1v) is 7.46. The number of carboxylic acids is 1. The summed E-state index contributed by atoms with van der Waals surface area (Å²) in [6.45, 7) is 1.07. The van der Waals surface area contributed by atoms with E-state index < -0.39 is 24.3 Å². The van der Waals surface area contributed by atoms with Gasteiger partial charge in [-0.25, -0.2) is 15.8 Å². The maximum Gasteiger partial charge on any atom is 0.344 e. The maximum absolute atomic E-state index is 12.4. The first kappa shape index (κ1) is 20.7. The summed E-state index contributed by atoms with van der Waals surface area (Å²) in [5.41, 5.74) is 5.59. The van der Waals surface area contributed by atoms with E-state index in [0.717, 1.165) is 17.4 Å². The summed E-state index contributed by atoms with van der Waals surface area (Å²) in [6.07, 6.45) is -0.0816. The van der Waals surface area contributed by atoms with Crippen molar-refractivity contribution in [3.63, 3.8) is 0 Å². The van der Waals surface area contributed by atoms with Crippen molar-refractivity contribution in [2.75, 3.05) is 19.4 Å². The molecule has 0 spiro atoms. The maximum atomic E-state index is 12.4. The van der Waals surface area contributed by atoms with E-state index in [1.54, 1.807) is 14.0 Å². The Bertz CT molecular complexity index is 677. The van der Waals surface area contributed by atoms with Gasteiger partial charge in [0.25, 0.3) is 0 Å². The van der Waals surface area contributed by atoms with Crippen molar-refractivity contribution in [3.8, 4) is 0 Å². The summed E-state index contributed by atoms with van der Waals surface area (Å²) in [5, 5.41) is 13.9. The Hall–Kier alpha value is -1.39. The van der Waals surface area contributed by atoms with E-state index in [9.17, 15) is 14.4 Å². The fraction of sp³-hybridized carbons (Fsp3) is 0.385. The molecular weight excluding hydrogens is 413 g/mol. The normalized spacial score (nSPS) is 17.9. The number of carbonyl (C=O) groups is 3. The molecule has 9 nitrogen and oxygen atoms in total. The van der Waals surface area contributed by atoms with E-state index in [0.29, 0.717) is 0 Å². The van der Waals surface area contributed by atoms with Crippen molar-refractivity contribution < 1.29 is 57.0 Å². The number of oxime groups is 1. The quantitative estimate of drug-likeness (QED) is 0.273. The van der Waals surface area contributed by atoms with Gasteiger partial charge in [0.1, 0.15) is 5.69 Å². The standard InChI is InChI=1S/C13H15N4O5S.Y/c1-6-7(12(21)17(6)2)3-9(18)11(16-22-4-10(19)20)8-5-23-13(14)15-8;/h5,7H,3-4H2,1-2H3,(H2,14,15)(H,19,20);/q-1;/b16-11-;/t7-;/m0./s1. The molecule has 11 heteroatoms. The van der Waals surface area contributed by atoms with Gasteiger partial charge >= 0.3 is 5.97 Å². The smallest absolute Gasteiger partial charge is 0.344 e. The Labute approximate surface area is 167 Å². The number of likely N-dealkylation sites (tertiary alicyclic amines) is 1. The third-order valence-electron chi connectivity index (χ3n) is 3.42. The number of ketones is 1. The second-order valence-electron chi connectivity index (χ2n) is 4.90. The van der Waals surface area contributed by atoms with E-state index in [1.165, 1.54) is 10.3 Å². The number of aliphatic carboxylic acids is 1. The largest absolute Gasteiger partial charge is 0.494 e. The van der Waals surface area contributed by atoms with Gasteiger partial charge in [-0.1, -0.05) is 11.1 Å². The van der Waals surface area contributed by atoms with E-state index >= 15 is 0 Å². The van der Waals surface area contributed by atoms with Crippen molar-refractivity contribution in [2.45, 2.75) is 13.3 Å². The second kappa shape index (κ2) is 8.63. The zero-order chi connectivity index (χ0) is 17.1. The number of thiazole rings is 1. The molecule has 1 aromatic heterocycles. The monoisotopic (exact) mass is 428 g/mol. The number of nitrogens with zero attached hydrogens (tertiary/aromatic N) is 3. The second-order valence-corrected chi connectivity index (χ2v) is 5.79. The van der Waals surface area contributed by atoms with Gasteiger partial charge in [-0.3, -0.25) is 9.59 Å². The predicted molar refractivity (Wildman–Crippen MR) is 81.5 cm³/mol. The summed E-state index contributed by atoms with van der Waals surface area (Å²) < 4.78 is 0. The van der Waals surface area contributed by atoms with Crippen LogP contribution in [0.2, 0.25) is 0 Å². The first-order chi connectivity index (χ1) is 10.8. The molecule has 1 fully saturated rings. The third kappa shape index (κ3) is 4.58. The van der Waals surface area contributed by atoms with Gasteiger partial charge in [0, 0.05) is 38.1 Å². The molecule has 0 unspecified atom stereocenters. The molecule has 1 amide bonds. The van der Waals surface area contributed by atoms with E-state index in [1.807, 2.05) is 0 Å². The molecule has 0 saturated carbocycles. The van der Waals surface area contributed by atoms with Crippen molar-refractivity contribution >= 4 is 39.8 Å². The molecule has 1 aromatic rings. The van der Waals surface area contributed by atoms with Crippen molar-refractivity contribution in [3.05, 3.63) is 17.1 Å². The van der Waals surface area contributed by atoms with Crippen LogP contribution in [0.4, 0.5) is 5.13 Å². The van der Waals surface area contributed by atoms with E-state index in [2.05, 4.69) is 15.0 Å². The number of hydrogen-bond donors (Lipinski definition) is 2. The third-order valence-corrected chi connectivity index (χ3v) is 4.10. The minimum atomic E-state index is -1.22. The molecule has 0 aromatic carbocycles. The van der Waals surface area contributed by atoms with Gasteiger partial charge in [0.2, 0.25) is 6.61 Å². The Kier molecular flexibility index (Phi) is 7.43. The van der Waals surface area contributed by atoms with Gasteiger partial charge in [-0.15, -0.1) is 11.3 Å². The number of β-lactam (4-membered cyclic amide) rings is 1.